The number of hydrogen-bond donors (Lipinski definition) is 1. The van der Waals surface area contributed by atoms with Gasteiger partial charge in [-0.3, -0.25) is 4.79 Å². The molecule has 1 saturated heterocycles. The van der Waals surface area contributed by atoms with E-state index < -0.39 is 32.7 Å². The molecule has 1 amide bonds. The van der Waals surface area contributed by atoms with Crippen molar-refractivity contribution in [1.29, 1.82) is 0 Å². The lowest BCUT2D eigenvalue weighted by Gasteiger charge is -2.35. The number of benzene rings is 3. The third-order valence-corrected chi connectivity index (χ3v) is 8.33. The molecule has 0 radical (unpaired) electrons. The Labute approximate surface area is 204 Å². The van der Waals surface area contributed by atoms with Crippen LogP contribution in [0.4, 0.5) is 15.8 Å². The normalized spacial score (nSPS) is 18.7. The third-order valence-electron chi connectivity index (χ3n) is 6.45. The van der Waals surface area contributed by atoms with Crippen LogP contribution in [0, 0.1) is 5.82 Å². The molecule has 0 aromatic heterocycles. The van der Waals surface area contributed by atoms with Gasteiger partial charge in [-0.05, 0) is 41.8 Å². The second-order valence-corrected chi connectivity index (χ2v) is 10.4. The fraction of sp³-hybridized carbons (Fsp3) is 0.269. The molecule has 2 heterocycles. The first-order valence-corrected chi connectivity index (χ1v) is 12.9. The molecule has 5 rings (SSSR count). The van der Waals surface area contributed by atoms with E-state index in [1.807, 2.05) is 42.5 Å². The highest BCUT2D eigenvalue weighted by Gasteiger charge is 2.40. The lowest BCUT2D eigenvalue weighted by molar-refractivity contribution is -0.120. The summed E-state index contributed by atoms with van der Waals surface area (Å²) in [6.07, 6.45) is 0.190. The quantitative estimate of drug-likeness (QED) is 0.587. The molecule has 182 valence electrons. The topological polar surface area (TPSA) is 79.0 Å². The summed E-state index contributed by atoms with van der Waals surface area (Å²) in [5, 5.41) is 2.96. The van der Waals surface area contributed by atoms with Crippen LogP contribution >= 0.6 is 0 Å². The summed E-state index contributed by atoms with van der Waals surface area (Å²) in [6.45, 7) is 2.55. The molecule has 1 fully saturated rings. The lowest BCUT2D eigenvalue weighted by atomic mass is 9.95. The van der Waals surface area contributed by atoms with Crippen molar-refractivity contribution < 1.29 is 22.3 Å². The number of sulfonamides is 1. The van der Waals surface area contributed by atoms with E-state index in [1.165, 1.54) is 18.2 Å². The summed E-state index contributed by atoms with van der Waals surface area (Å²) < 4.78 is 48.3. The first kappa shape index (κ1) is 23.5. The molecule has 3 aromatic carbocycles. The second-order valence-electron chi connectivity index (χ2n) is 8.58. The second kappa shape index (κ2) is 9.77. The predicted molar refractivity (Wildman–Crippen MR) is 131 cm³/mol. The smallest absolute Gasteiger partial charge is 0.247 e. The maximum atomic E-state index is 14.5. The summed E-state index contributed by atoms with van der Waals surface area (Å²) in [5.74, 6) is -1.30. The molecule has 3 aromatic rings. The van der Waals surface area contributed by atoms with Gasteiger partial charge in [-0.1, -0.05) is 48.5 Å². The average molecular weight is 496 g/mol. The number of anilines is 2. The van der Waals surface area contributed by atoms with Crippen molar-refractivity contribution in [3.8, 4) is 0 Å². The minimum Gasteiger partial charge on any atom is -0.378 e. The third kappa shape index (κ3) is 4.67. The van der Waals surface area contributed by atoms with Crippen LogP contribution in [0.5, 0.6) is 0 Å². The number of nitrogens with one attached hydrogen (secondary N) is 1. The van der Waals surface area contributed by atoms with Crippen LogP contribution in [0.3, 0.4) is 0 Å². The Kier molecular flexibility index (Phi) is 6.55. The number of hydrogen-bond acceptors (Lipinski definition) is 5. The number of amides is 1. The molecular formula is C26H26FN3O4S. The number of rotatable bonds is 5. The van der Waals surface area contributed by atoms with Crippen molar-refractivity contribution in [1.82, 2.24) is 4.31 Å². The Bertz CT molecular complexity index is 1340. The molecule has 0 bridgehead atoms. The van der Waals surface area contributed by atoms with Gasteiger partial charge in [0, 0.05) is 19.6 Å². The van der Waals surface area contributed by atoms with Gasteiger partial charge in [-0.2, -0.15) is 4.31 Å². The van der Waals surface area contributed by atoms with Crippen molar-refractivity contribution >= 4 is 27.3 Å². The zero-order chi connectivity index (χ0) is 24.4. The van der Waals surface area contributed by atoms with Gasteiger partial charge in [0.05, 0.1) is 24.6 Å². The highest BCUT2D eigenvalue weighted by Crippen LogP contribution is 2.32. The lowest BCUT2D eigenvalue weighted by Crippen LogP contribution is -2.50. The number of nitrogens with zero attached hydrogens (tertiary/aromatic N) is 2. The first-order valence-electron chi connectivity index (χ1n) is 11.5. The monoisotopic (exact) mass is 495 g/mol. The van der Waals surface area contributed by atoms with Gasteiger partial charge in [0.1, 0.15) is 16.8 Å². The summed E-state index contributed by atoms with van der Waals surface area (Å²) in [6, 6.07) is 19.1. The van der Waals surface area contributed by atoms with Crippen LogP contribution in [0.1, 0.15) is 11.1 Å². The SMILES string of the molecule is O=C(Nc1ccccc1N1CCOCC1)[C@H]1Cc2ccccc2CN1S(=O)(=O)c1ccccc1F. The van der Waals surface area contributed by atoms with Gasteiger partial charge in [0.25, 0.3) is 0 Å². The van der Waals surface area contributed by atoms with Crippen molar-refractivity contribution in [3.05, 3.63) is 89.7 Å². The number of carbonyl (C=O) groups excluding carboxylic acids is 1. The molecule has 0 saturated carbocycles. The number of fused-ring (bicyclic) bond motifs is 1. The Morgan fingerprint density at radius 2 is 1.57 bits per heavy atom. The summed E-state index contributed by atoms with van der Waals surface area (Å²) >= 11 is 0. The van der Waals surface area contributed by atoms with E-state index in [1.54, 1.807) is 6.07 Å². The number of para-hydroxylation sites is 2. The van der Waals surface area contributed by atoms with E-state index >= 15 is 0 Å². The molecule has 7 nitrogen and oxygen atoms in total. The van der Waals surface area contributed by atoms with Crippen LogP contribution in [0.25, 0.3) is 0 Å². The molecule has 1 N–H and O–H groups in total. The maximum absolute atomic E-state index is 14.5. The van der Waals surface area contributed by atoms with Gasteiger partial charge < -0.3 is 15.0 Å². The Hall–Kier alpha value is -3.27. The molecule has 0 aliphatic carbocycles. The van der Waals surface area contributed by atoms with E-state index in [0.29, 0.717) is 32.0 Å². The molecule has 9 heteroatoms. The molecule has 0 spiro atoms. The number of morpholine rings is 1. The summed E-state index contributed by atoms with van der Waals surface area (Å²) in [7, 11) is -4.28. The van der Waals surface area contributed by atoms with Gasteiger partial charge in [0.2, 0.25) is 15.9 Å². The van der Waals surface area contributed by atoms with Crippen LogP contribution in [-0.2, 0) is 32.5 Å². The molecule has 2 aliphatic rings. The average Bonchev–Trinajstić information content (AvgIpc) is 2.89. The molecule has 1 atom stereocenters. The van der Waals surface area contributed by atoms with E-state index in [-0.39, 0.29) is 13.0 Å². The van der Waals surface area contributed by atoms with Crippen molar-refractivity contribution in [2.24, 2.45) is 0 Å². The van der Waals surface area contributed by atoms with Crippen LogP contribution in [-0.4, -0.2) is 51.0 Å². The van der Waals surface area contributed by atoms with E-state index in [9.17, 15) is 17.6 Å². The highest BCUT2D eigenvalue weighted by atomic mass is 32.2. The molecular weight excluding hydrogens is 469 g/mol. The maximum Gasteiger partial charge on any atom is 0.247 e. The van der Waals surface area contributed by atoms with Crippen molar-refractivity contribution in [3.63, 3.8) is 0 Å². The van der Waals surface area contributed by atoms with Gasteiger partial charge in [-0.25, -0.2) is 12.8 Å². The van der Waals surface area contributed by atoms with Crippen LogP contribution in [0.15, 0.2) is 77.7 Å². The first-order chi connectivity index (χ1) is 16.9. The van der Waals surface area contributed by atoms with Crippen molar-refractivity contribution in [2.45, 2.75) is 23.9 Å². The summed E-state index contributed by atoms with van der Waals surface area (Å²) in [5.41, 5.74) is 3.14. The van der Waals surface area contributed by atoms with E-state index in [2.05, 4.69) is 10.2 Å². The molecule has 0 unspecified atom stereocenters. The minimum atomic E-state index is -4.28. The van der Waals surface area contributed by atoms with E-state index in [4.69, 9.17) is 4.74 Å². The van der Waals surface area contributed by atoms with Crippen LogP contribution in [0.2, 0.25) is 0 Å². The number of ether oxygens (including phenoxy) is 1. The molecule has 2 aliphatic heterocycles. The van der Waals surface area contributed by atoms with Crippen molar-refractivity contribution in [2.75, 3.05) is 36.5 Å². The Morgan fingerprint density at radius 3 is 2.34 bits per heavy atom. The zero-order valence-corrected chi connectivity index (χ0v) is 19.9. The number of halogens is 1. The Balaban J connectivity index is 1.49. The molecule has 35 heavy (non-hydrogen) atoms. The largest absolute Gasteiger partial charge is 0.378 e. The zero-order valence-electron chi connectivity index (χ0n) is 19.1. The van der Waals surface area contributed by atoms with Crippen LogP contribution < -0.4 is 10.2 Å². The number of carbonyl (C=O) groups is 1. The summed E-state index contributed by atoms with van der Waals surface area (Å²) in [4.78, 5) is 15.3. The van der Waals surface area contributed by atoms with Gasteiger partial charge in [0.15, 0.2) is 0 Å². The standard InChI is InChI=1S/C26H26FN3O4S/c27-21-9-3-6-12-25(21)35(32,33)30-18-20-8-2-1-7-19(20)17-24(30)26(31)28-22-10-4-5-11-23(22)29-13-15-34-16-14-29/h1-12,24H,13-18H2,(H,28,31)/t24-/m1/s1. The predicted octanol–water partition coefficient (Wildman–Crippen LogP) is 3.42. The minimum absolute atomic E-state index is 0.0178. The highest BCUT2D eigenvalue weighted by molar-refractivity contribution is 7.89. The van der Waals surface area contributed by atoms with Gasteiger partial charge >= 0.3 is 0 Å². The fourth-order valence-electron chi connectivity index (χ4n) is 4.63. The Morgan fingerprint density at radius 1 is 0.914 bits per heavy atom. The van der Waals surface area contributed by atoms with Gasteiger partial charge in [-0.15, -0.1) is 0 Å². The fourth-order valence-corrected chi connectivity index (χ4v) is 6.26. The van der Waals surface area contributed by atoms with E-state index in [0.717, 1.165) is 27.2 Å².